The number of rotatable bonds is 7. The molecule has 0 aliphatic carbocycles. The molecule has 2 aromatic heterocycles. The molecule has 1 unspecified atom stereocenters. The van der Waals surface area contributed by atoms with E-state index in [1.165, 1.54) is 23.0 Å². The van der Waals surface area contributed by atoms with Crippen LogP contribution in [0.1, 0.15) is 48.5 Å². The first-order chi connectivity index (χ1) is 20.1. The van der Waals surface area contributed by atoms with Crippen LogP contribution in [0.25, 0.3) is 17.4 Å². The highest BCUT2D eigenvalue weighted by molar-refractivity contribution is 7.07. The first kappa shape index (κ1) is 29.6. The van der Waals surface area contributed by atoms with Crippen molar-refractivity contribution in [3.63, 3.8) is 0 Å². The normalized spacial score (nSPS) is 15.0. The maximum atomic E-state index is 13.9. The molecule has 2 aromatic carbocycles. The van der Waals surface area contributed by atoms with E-state index in [0.717, 1.165) is 0 Å². The number of furan rings is 1. The highest BCUT2D eigenvalue weighted by Gasteiger charge is 2.33. The lowest BCUT2D eigenvalue weighted by Crippen LogP contribution is -2.40. The molecule has 11 heteroatoms. The van der Waals surface area contributed by atoms with E-state index < -0.39 is 18.0 Å². The Labute approximate surface area is 255 Å². The van der Waals surface area contributed by atoms with Crippen molar-refractivity contribution in [3.8, 4) is 11.3 Å². The molecule has 216 valence electrons. The summed E-state index contributed by atoms with van der Waals surface area (Å²) in [6.07, 6.45) is 1.62. The molecule has 0 bridgehead atoms. The third-order valence-electron chi connectivity index (χ3n) is 6.55. The van der Waals surface area contributed by atoms with Crippen molar-refractivity contribution in [2.24, 2.45) is 10.9 Å². The number of nitrogens with zero attached hydrogens (tertiary/aromatic N) is 2. The number of fused-ring (bicyclic) bond motifs is 1. The second kappa shape index (κ2) is 12.1. The lowest BCUT2D eigenvalue weighted by molar-refractivity contribution is -0.140. The molecule has 0 saturated carbocycles. The zero-order valence-corrected chi connectivity index (χ0v) is 25.5. The van der Waals surface area contributed by atoms with Crippen LogP contribution in [0.3, 0.4) is 0 Å². The van der Waals surface area contributed by atoms with Crippen molar-refractivity contribution in [1.29, 1.82) is 0 Å². The van der Waals surface area contributed by atoms with Gasteiger partial charge in [-0.15, -0.1) is 0 Å². The molecule has 0 fully saturated rings. The van der Waals surface area contributed by atoms with Crippen molar-refractivity contribution >= 4 is 52.6 Å². The van der Waals surface area contributed by atoms with Crippen LogP contribution in [0.5, 0.6) is 0 Å². The molecule has 1 aliphatic rings. The Hall–Kier alpha value is -3.92. The predicted molar refractivity (Wildman–Crippen MR) is 162 cm³/mol. The highest BCUT2D eigenvalue weighted by atomic mass is 35.5. The minimum absolute atomic E-state index is 0.119. The van der Waals surface area contributed by atoms with Gasteiger partial charge in [-0.2, -0.15) is 0 Å². The van der Waals surface area contributed by atoms with Crippen LogP contribution in [0, 0.1) is 5.92 Å². The number of allylic oxidation sites excluding steroid dienone is 1. The summed E-state index contributed by atoms with van der Waals surface area (Å²) in [5, 5.41) is 0.767. The third kappa shape index (κ3) is 5.72. The molecule has 0 N–H and O–H groups in total. The number of ether oxygens (including phenoxy) is 2. The van der Waals surface area contributed by atoms with Gasteiger partial charge < -0.3 is 13.9 Å². The molecule has 8 nitrogen and oxygen atoms in total. The number of carbonyl (C=O) groups excluding carboxylic acids is 2. The molecule has 1 atom stereocenters. The minimum atomic E-state index is -0.827. The van der Waals surface area contributed by atoms with Crippen molar-refractivity contribution < 1.29 is 23.5 Å². The Morgan fingerprint density at radius 3 is 2.52 bits per heavy atom. The Bertz CT molecular complexity index is 1900. The van der Waals surface area contributed by atoms with Crippen LogP contribution in [0.2, 0.25) is 10.0 Å². The van der Waals surface area contributed by atoms with Crippen LogP contribution < -0.4 is 14.9 Å². The van der Waals surface area contributed by atoms with Gasteiger partial charge in [-0.25, -0.2) is 14.6 Å². The van der Waals surface area contributed by atoms with Gasteiger partial charge in [0.05, 0.1) is 51.2 Å². The van der Waals surface area contributed by atoms with Crippen molar-refractivity contribution in [3.05, 3.63) is 112 Å². The van der Waals surface area contributed by atoms with Crippen LogP contribution in [0.4, 0.5) is 0 Å². The van der Waals surface area contributed by atoms with Gasteiger partial charge in [0.1, 0.15) is 11.5 Å². The highest BCUT2D eigenvalue weighted by Crippen LogP contribution is 2.35. The Morgan fingerprint density at radius 1 is 1.10 bits per heavy atom. The van der Waals surface area contributed by atoms with E-state index in [1.807, 2.05) is 13.8 Å². The van der Waals surface area contributed by atoms with E-state index in [-0.39, 0.29) is 23.7 Å². The summed E-state index contributed by atoms with van der Waals surface area (Å²) in [6, 6.07) is 14.5. The van der Waals surface area contributed by atoms with Crippen molar-refractivity contribution in [1.82, 2.24) is 4.57 Å². The lowest BCUT2D eigenvalue weighted by atomic mass is 9.95. The van der Waals surface area contributed by atoms with E-state index >= 15 is 0 Å². The molecule has 42 heavy (non-hydrogen) atoms. The van der Waals surface area contributed by atoms with E-state index in [2.05, 4.69) is 4.99 Å². The van der Waals surface area contributed by atoms with Gasteiger partial charge in [0, 0.05) is 11.6 Å². The molecule has 1 aliphatic heterocycles. The summed E-state index contributed by atoms with van der Waals surface area (Å²) < 4.78 is 18.2. The number of carbonyl (C=O) groups is 2. The van der Waals surface area contributed by atoms with Crippen LogP contribution in [-0.2, 0) is 14.3 Å². The van der Waals surface area contributed by atoms with Gasteiger partial charge in [0.2, 0.25) is 0 Å². The molecule has 3 heterocycles. The van der Waals surface area contributed by atoms with E-state index in [0.29, 0.717) is 53.3 Å². The van der Waals surface area contributed by atoms with Gasteiger partial charge in [-0.05, 0) is 54.8 Å². The fraction of sp³-hybridized carbons (Fsp3) is 0.226. The molecule has 0 radical (unpaired) electrons. The third-order valence-corrected chi connectivity index (χ3v) is 8.36. The number of benzene rings is 2. The maximum Gasteiger partial charge on any atom is 0.338 e. The zero-order chi connectivity index (χ0) is 30.1. The summed E-state index contributed by atoms with van der Waals surface area (Å²) in [7, 11) is 1.30. The smallest absolute Gasteiger partial charge is 0.338 e. The Morgan fingerprint density at radius 2 is 1.83 bits per heavy atom. The summed E-state index contributed by atoms with van der Waals surface area (Å²) in [4.78, 5) is 44.3. The summed E-state index contributed by atoms with van der Waals surface area (Å²) in [5.41, 5.74) is 1.90. The van der Waals surface area contributed by atoms with Gasteiger partial charge in [0.25, 0.3) is 5.56 Å². The van der Waals surface area contributed by atoms with E-state index in [4.69, 9.17) is 37.1 Å². The number of hydrogen-bond acceptors (Lipinski definition) is 8. The molecule has 4 aromatic rings. The van der Waals surface area contributed by atoms with Crippen LogP contribution >= 0.6 is 34.5 Å². The van der Waals surface area contributed by atoms with Crippen LogP contribution in [0.15, 0.2) is 80.1 Å². The summed E-state index contributed by atoms with van der Waals surface area (Å²) >= 11 is 13.7. The van der Waals surface area contributed by atoms with Gasteiger partial charge >= 0.3 is 11.9 Å². The molecular formula is C31H26Cl2N2O6S. The largest absolute Gasteiger partial charge is 0.465 e. The average Bonchev–Trinajstić information content (AvgIpc) is 3.56. The van der Waals surface area contributed by atoms with Crippen molar-refractivity contribution in [2.45, 2.75) is 26.8 Å². The Kier molecular flexibility index (Phi) is 8.54. The SMILES string of the molecule is COC(=O)c1ccc(C2C(C(=O)OCC(C)C)=C(C)N=c3sc(=Cc4ccc(-c5cccc(Cl)c5Cl)o4)c(=O)n32)cc1. The fourth-order valence-corrected chi connectivity index (χ4v) is 5.96. The van der Waals surface area contributed by atoms with E-state index in [9.17, 15) is 14.4 Å². The first-order valence-electron chi connectivity index (χ1n) is 13.0. The monoisotopic (exact) mass is 624 g/mol. The second-order valence-electron chi connectivity index (χ2n) is 9.99. The number of esters is 2. The van der Waals surface area contributed by atoms with Crippen molar-refractivity contribution in [2.75, 3.05) is 13.7 Å². The summed E-state index contributed by atoms with van der Waals surface area (Å²) in [5.74, 6) is -0.0107. The number of halogens is 2. The zero-order valence-electron chi connectivity index (χ0n) is 23.1. The molecular weight excluding hydrogens is 599 g/mol. The fourth-order valence-electron chi connectivity index (χ4n) is 4.54. The predicted octanol–water partition coefficient (Wildman–Crippen LogP) is 5.79. The van der Waals surface area contributed by atoms with Gasteiger partial charge in [0.15, 0.2) is 4.80 Å². The van der Waals surface area contributed by atoms with Crippen LogP contribution in [-0.4, -0.2) is 30.2 Å². The molecule has 0 spiro atoms. The van der Waals surface area contributed by atoms with E-state index in [1.54, 1.807) is 67.6 Å². The quantitative estimate of drug-likeness (QED) is 0.241. The van der Waals surface area contributed by atoms with Gasteiger partial charge in [-0.3, -0.25) is 9.36 Å². The molecule has 0 saturated heterocycles. The second-order valence-corrected chi connectivity index (χ2v) is 11.8. The van der Waals surface area contributed by atoms with Gasteiger partial charge in [-0.1, -0.05) is 66.6 Å². The Balaban J connectivity index is 1.62. The number of aromatic nitrogens is 1. The molecule has 5 rings (SSSR count). The first-order valence-corrected chi connectivity index (χ1v) is 14.6. The molecule has 0 amide bonds. The average molecular weight is 626 g/mol. The minimum Gasteiger partial charge on any atom is -0.465 e. The number of thiazole rings is 1. The topological polar surface area (TPSA) is 100 Å². The number of methoxy groups -OCH3 is 1. The standard InChI is InChI=1S/C31H26Cl2N2O6S/c1-16(2)15-40-30(38)25-17(3)34-31-35(27(25)18-8-10-19(11-9-18)29(37)39-4)28(36)24(42-31)14-20-12-13-23(41-20)21-6-5-7-22(32)26(21)33/h5-14,16,27H,15H2,1-4H3. The maximum absolute atomic E-state index is 13.9. The summed E-state index contributed by atoms with van der Waals surface area (Å²) in [6.45, 7) is 5.80. The number of hydrogen-bond donors (Lipinski definition) is 0. The lowest BCUT2D eigenvalue weighted by Gasteiger charge is -2.25.